The molecule has 0 saturated heterocycles. The molecule has 0 aliphatic carbocycles. The second kappa shape index (κ2) is 8.13. The van der Waals surface area contributed by atoms with Gasteiger partial charge >= 0.3 is 0 Å². The number of likely N-dealkylation sites (N-methyl/N-ethyl adjacent to an activating group) is 1. The van der Waals surface area contributed by atoms with Crippen molar-refractivity contribution in [3.8, 4) is 5.75 Å². The van der Waals surface area contributed by atoms with Crippen LogP contribution in [0.5, 0.6) is 5.75 Å². The number of amides is 1. The second-order valence-corrected chi connectivity index (χ2v) is 5.92. The average Bonchev–Trinajstić information content (AvgIpc) is 2.57. The number of methoxy groups -OCH3 is 1. The van der Waals surface area contributed by atoms with E-state index in [1.165, 1.54) is 18.2 Å². The first-order chi connectivity index (χ1) is 11.4. The van der Waals surface area contributed by atoms with Crippen LogP contribution in [-0.2, 0) is 4.79 Å². The summed E-state index contributed by atoms with van der Waals surface area (Å²) in [6.45, 7) is 2.17. The Labute approximate surface area is 146 Å². The highest BCUT2D eigenvalue weighted by atomic mass is 35.5. The van der Waals surface area contributed by atoms with Crippen molar-refractivity contribution >= 4 is 23.2 Å². The van der Waals surface area contributed by atoms with Crippen molar-refractivity contribution in [2.24, 2.45) is 0 Å². The molecule has 0 bridgehead atoms. The number of ether oxygens (including phenoxy) is 1. The van der Waals surface area contributed by atoms with E-state index in [1.54, 1.807) is 7.11 Å². The maximum absolute atomic E-state index is 13.1. The van der Waals surface area contributed by atoms with Gasteiger partial charge in [0.05, 0.1) is 18.7 Å². The van der Waals surface area contributed by atoms with Gasteiger partial charge < -0.3 is 10.1 Å². The van der Waals surface area contributed by atoms with E-state index in [4.69, 9.17) is 16.3 Å². The van der Waals surface area contributed by atoms with Crippen LogP contribution in [0.4, 0.5) is 10.1 Å². The zero-order valence-corrected chi connectivity index (χ0v) is 14.6. The molecule has 2 aromatic carbocycles. The van der Waals surface area contributed by atoms with Gasteiger partial charge in [-0.05, 0) is 38.2 Å². The van der Waals surface area contributed by atoms with Crippen molar-refractivity contribution in [3.05, 3.63) is 58.9 Å². The van der Waals surface area contributed by atoms with E-state index in [-0.39, 0.29) is 23.5 Å². The quantitative estimate of drug-likeness (QED) is 0.852. The van der Waals surface area contributed by atoms with Gasteiger partial charge in [0, 0.05) is 17.3 Å². The fraction of sp³-hybridized carbons (Fsp3) is 0.278. The van der Waals surface area contributed by atoms with Gasteiger partial charge in [-0.3, -0.25) is 9.69 Å². The number of halogens is 2. The molecule has 0 radical (unpaired) electrons. The van der Waals surface area contributed by atoms with Gasteiger partial charge in [-0.2, -0.15) is 0 Å². The molecule has 0 fully saturated rings. The fourth-order valence-electron chi connectivity index (χ4n) is 2.39. The van der Waals surface area contributed by atoms with Crippen molar-refractivity contribution in [2.75, 3.05) is 26.0 Å². The Bertz CT molecular complexity index is 724. The third-order valence-electron chi connectivity index (χ3n) is 3.85. The summed E-state index contributed by atoms with van der Waals surface area (Å²) < 4.78 is 18.5. The van der Waals surface area contributed by atoms with Crippen LogP contribution in [0.2, 0.25) is 5.02 Å². The van der Waals surface area contributed by atoms with E-state index in [9.17, 15) is 9.18 Å². The number of nitrogens with one attached hydrogen (secondary N) is 1. The number of hydrogen-bond donors (Lipinski definition) is 1. The Morgan fingerprint density at radius 2 is 2.04 bits per heavy atom. The number of benzene rings is 2. The summed E-state index contributed by atoms with van der Waals surface area (Å²) in [6.07, 6.45) is 0. The highest BCUT2D eigenvalue weighted by Crippen LogP contribution is 2.28. The molecule has 0 aromatic heterocycles. The Balaban J connectivity index is 2.01. The number of hydrogen-bond acceptors (Lipinski definition) is 3. The molecule has 0 saturated carbocycles. The predicted molar refractivity (Wildman–Crippen MR) is 94.1 cm³/mol. The topological polar surface area (TPSA) is 41.6 Å². The third-order valence-corrected chi connectivity index (χ3v) is 4.14. The van der Waals surface area contributed by atoms with Crippen LogP contribution in [0.1, 0.15) is 18.5 Å². The summed E-state index contributed by atoms with van der Waals surface area (Å²) in [4.78, 5) is 14.1. The Hall–Kier alpha value is -2.11. The van der Waals surface area contributed by atoms with Crippen LogP contribution >= 0.6 is 11.6 Å². The number of carbonyl (C=O) groups excluding carboxylic acids is 1. The maximum atomic E-state index is 13.1. The van der Waals surface area contributed by atoms with E-state index < -0.39 is 5.82 Å². The lowest BCUT2D eigenvalue weighted by Gasteiger charge is -2.25. The van der Waals surface area contributed by atoms with Crippen LogP contribution in [0.3, 0.4) is 0 Å². The predicted octanol–water partition coefficient (Wildman–Crippen LogP) is 4.12. The van der Waals surface area contributed by atoms with E-state index in [2.05, 4.69) is 5.32 Å². The van der Waals surface area contributed by atoms with Crippen LogP contribution < -0.4 is 10.1 Å². The fourth-order valence-corrected chi connectivity index (χ4v) is 2.57. The molecule has 1 unspecified atom stereocenters. The van der Waals surface area contributed by atoms with Crippen molar-refractivity contribution < 1.29 is 13.9 Å². The third kappa shape index (κ3) is 4.46. The molecule has 0 spiro atoms. The van der Waals surface area contributed by atoms with Gasteiger partial charge in [0.15, 0.2) is 0 Å². The lowest BCUT2D eigenvalue weighted by Crippen LogP contribution is -2.32. The molecule has 1 N–H and O–H groups in total. The zero-order chi connectivity index (χ0) is 17.7. The SMILES string of the molecule is COc1ccccc1C(C)N(C)CC(=O)Nc1ccc(F)c(Cl)c1. The molecule has 1 amide bonds. The summed E-state index contributed by atoms with van der Waals surface area (Å²) in [5.41, 5.74) is 1.46. The first kappa shape index (κ1) is 18.2. The van der Waals surface area contributed by atoms with Crippen LogP contribution in [0, 0.1) is 5.82 Å². The number of anilines is 1. The molecule has 24 heavy (non-hydrogen) atoms. The Morgan fingerprint density at radius 3 is 2.71 bits per heavy atom. The average molecular weight is 351 g/mol. The number of rotatable bonds is 6. The largest absolute Gasteiger partial charge is 0.496 e. The van der Waals surface area contributed by atoms with Gasteiger partial charge in [0.2, 0.25) is 5.91 Å². The van der Waals surface area contributed by atoms with Crippen LogP contribution in [-0.4, -0.2) is 31.5 Å². The molecular formula is C18H20ClFN2O2. The van der Waals surface area contributed by atoms with Gasteiger partial charge in [-0.1, -0.05) is 29.8 Å². The van der Waals surface area contributed by atoms with Gasteiger partial charge in [-0.25, -0.2) is 4.39 Å². The molecular weight excluding hydrogens is 331 g/mol. The molecule has 128 valence electrons. The highest BCUT2D eigenvalue weighted by molar-refractivity contribution is 6.31. The summed E-state index contributed by atoms with van der Waals surface area (Å²) in [5, 5.41) is 2.69. The molecule has 2 aromatic rings. The number of nitrogens with zero attached hydrogens (tertiary/aromatic N) is 1. The molecule has 2 rings (SSSR count). The van der Waals surface area contributed by atoms with E-state index in [1.807, 2.05) is 43.1 Å². The summed E-state index contributed by atoms with van der Waals surface area (Å²) >= 11 is 5.72. The number of para-hydroxylation sites is 1. The van der Waals surface area contributed by atoms with Crippen molar-refractivity contribution in [1.29, 1.82) is 0 Å². The van der Waals surface area contributed by atoms with Gasteiger partial charge in [-0.15, -0.1) is 0 Å². The van der Waals surface area contributed by atoms with Crippen molar-refractivity contribution in [3.63, 3.8) is 0 Å². The second-order valence-electron chi connectivity index (χ2n) is 5.51. The first-order valence-corrected chi connectivity index (χ1v) is 7.88. The van der Waals surface area contributed by atoms with Gasteiger partial charge in [0.25, 0.3) is 0 Å². The Kier molecular flexibility index (Phi) is 6.17. The Morgan fingerprint density at radius 1 is 1.33 bits per heavy atom. The molecule has 0 aliphatic rings. The number of carbonyl (C=O) groups is 1. The molecule has 1 atom stereocenters. The van der Waals surface area contributed by atoms with Crippen LogP contribution in [0.15, 0.2) is 42.5 Å². The maximum Gasteiger partial charge on any atom is 0.238 e. The van der Waals surface area contributed by atoms with Crippen molar-refractivity contribution in [2.45, 2.75) is 13.0 Å². The minimum absolute atomic E-state index is 0.0105. The molecule has 0 aliphatic heterocycles. The highest BCUT2D eigenvalue weighted by Gasteiger charge is 2.18. The summed E-state index contributed by atoms with van der Waals surface area (Å²) in [6, 6.07) is 11.8. The van der Waals surface area contributed by atoms with E-state index >= 15 is 0 Å². The molecule has 4 nitrogen and oxygen atoms in total. The lowest BCUT2D eigenvalue weighted by atomic mass is 10.1. The monoisotopic (exact) mass is 350 g/mol. The zero-order valence-electron chi connectivity index (χ0n) is 13.8. The summed E-state index contributed by atoms with van der Waals surface area (Å²) in [5.74, 6) is 0.0566. The molecule has 6 heteroatoms. The first-order valence-electron chi connectivity index (χ1n) is 7.50. The lowest BCUT2D eigenvalue weighted by molar-refractivity contribution is -0.117. The van der Waals surface area contributed by atoms with Gasteiger partial charge in [0.1, 0.15) is 11.6 Å². The standard InChI is InChI=1S/C18H20ClFN2O2/c1-12(14-6-4-5-7-17(14)24-3)22(2)11-18(23)21-13-8-9-16(20)15(19)10-13/h4-10,12H,11H2,1-3H3,(H,21,23). The van der Waals surface area contributed by atoms with E-state index in [0.29, 0.717) is 5.69 Å². The summed E-state index contributed by atoms with van der Waals surface area (Å²) in [7, 11) is 3.48. The molecule has 0 heterocycles. The van der Waals surface area contributed by atoms with E-state index in [0.717, 1.165) is 11.3 Å². The minimum Gasteiger partial charge on any atom is -0.496 e. The van der Waals surface area contributed by atoms with Crippen LogP contribution in [0.25, 0.3) is 0 Å². The minimum atomic E-state index is -0.517. The van der Waals surface area contributed by atoms with Crippen molar-refractivity contribution in [1.82, 2.24) is 4.90 Å². The normalized spacial score (nSPS) is 12.1. The smallest absolute Gasteiger partial charge is 0.238 e.